The van der Waals surface area contributed by atoms with Gasteiger partial charge in [-0.15, -0.1) is 0 Å². The Morgan fingerprint density at radius 1 is 0.594 bits per heavy atom. The molecule has 4 N–H and O–H groups in total. The van der Waals surface area contributed by atoms with Gasteiger partial charge in [0, 0.05) is 72.4 Å². The monoisotopic (exact) mass is 882 g/mol. The van der Waals surface area contributed by atoms with Crippen LogP contribution in [-0.2, 0) is 9.59 Å². The van der Waals surface area contributed by atoms with Crippen molar-refractivity contribution in [3.63, 3.8) is 0 Å². The van der Waals surface area contributed by atoms with Crippen LogP contribution in [0.1, 0.15) is 135 Å². The van der Waals surface area contributed by atoms with Gasteiger partial charge in [0.1, 0.15) is 11.1 Å². The molecule has 2 aliphatic heterocycles. The van der Waals surface area contributed by atoms with Crippen molar-refractivity contribution in [2.75, 3.05) is 27.4 Å². The summed E-state index contributed by atoms with van der Waals surface area (Å²) in [5, 5.41) is 36.7. The van der Waals surface area contributed by atoms with Gasteiger partial charge in [-0.3, -0.25) is 19.2 Å². The summed E-state index contributed by atoms with van der Waals surface area (Å²) in [5.74, 6) is -1.90. The molecule has 16 heteroatoms. The lowest BCUT2D eigenvalue weighted by molar-refractivity contribution is -0.138. The number of rotatable bonds is 14. The van der Waals surface area contributed by atoms with Crippen molar-refractivity contribution in [3.8, 4) is 45.5 Å². The van der Waals surface area contributed by atoms with E-state index < -0.39 is 34.7 Å². The van der Waals surface area contributed by atoms with E-state index in [0.717, 1.165) is 47.9 Å². The lowest BCUT2D eigenvalue weighted by Gasteiger charge is -2.40. The van der Waals surface area contributed by atoms with Gasteiger partial charge in [-0.25, -0.2) is 9.59 Å². The number of carboxylic acid groups (broad SMARTS) is 4. The Balaban J connectivity index is 0.000000191. The highest BCUT2D eigenvalue weighted by Crippen LogP contribution is 2.61. The molecular weight excluding hydrogens is 829 g/mol. The lowest BCUT2D eigenvalue weighted by Crippen LogP contribution is -2.32. The first-order valence-corrected chi connectivity index (χ1v) is 21.4. The van der Waals surface area contributed by atoms with E-state index in [-0.39, 0.29) is 71.9 Å². The van der Waals surface area contributed by atoms with E-state index in [4.69, 9.17) is 29.2 Å². The summed E-state index contributed by atoms with van der Waals surface area (Å²) in [7, 11) is 3.05. The number of aromatic nitrogens is 2. The molecule has 340 valence electrons. The molecule has 4 aliphatic rings. The third-order valence-electron chi connectivity index (χ3n) is 13.4. The average molecular weight is 883 g/mol. The number of aromatic carboxylic acids is 2. The molecule has 2 saturated carbocycles. The molecular formula is C48H54N2O14. The van der Waals surface area contributed by atoms with Gasteiger partial charge >= 0.3 is 23.9 Å². The van der Waals surface area contributed by atoms with Gasteiger partial charge in [-0.05, 0) is 84.7 Å². The number of aliphatic carboxylic acids is 2. The van der Waals surface area contributed by atoms with Crippen LogP contribution in [0.5, 0.6) is 23.0 Å². The number of pyridine rings is 2. The highest BCUT2D eigenvalue weighted by molar-refractivity contribution is 5.89. The van der Waals surface area contributed by atoms with Gasteiger partial charge in [0.15, 0.2) is 33.9 Å². The summed E-state index contributed by atoms with van der Waals surface area (Å²) in [6, 6.07) is 10.3. The zero-order valence-electron chi connectivity index (χ0n) is 36.8. The molecule has 2 fully saturated rings. The van der Waals surface area contributed by atoms with E-state index in [0.29, 0.717) is 47.2 Å². The molecule has 16 nitrogen and oxygen atoms in total. The van der Waals surface area contributed by atoms with Crippen LogP contribution in [0.3, 0.4) is 0 Å². The third-order valence-corrected chi connectivity index (χ3v) is 13.4. The number of fused-ring (bicyclic) bond motifs is 12. The van der Waals surface area contributed by atoms with Gasteiger partial charge in [0.25, 0.3) is 0 Å². The SMILES string of the molecule is COc1cc2c(cc1OCCCC(=O)O)[C@@H]1CCC(C)(C)[C@@H]1n1cc(C(=O)O)c(=O)cc1-2.COc1cc2c(cc1OCCCC(=O)O)[C@H]1CCC(C)(C)[C@H]1n1cc(C(=O)O)c(=O)cc1-2. The van der Waals surface area contributed by atoms with Gasteiger partial charge in [0.2, 0.25) is 0 Å². The molecule has 0 radical (unpaired) electrons. The molecule has 2 aliphatic carbocycles. The second-order valence-electron chi connectivity index (χ2n) is 18.3. The third kappa shape index (κ3) is 8.44. The van der Waals surface area contributed by atoms with Crippen LogP contribution in [-0.4, -0.2) is 80.9 Å². The van der Waals surface area contributed by atoms with Crippen LogP contribution < -0.4 is 29.8 Å². The quantitative estimate of drug-likeness (QED) is 0.0884. The van der Waals surface area contributed by atoms with Crippen LogP contribution in [0.4, 0.5) is 0 Å². The number of benzene rings is 2. The molecule has 4 atom stereocenters. The molecule has 8 rings (SSSR count). The topological polar surface area (TPSA) is 230 Å². The standard InChI is InChI=1S/2C24H27NO7/c2*1-24(2)7-6-13-14-9-20(32-8-4-5-21(27)28)19(31-3)10-15(14)17-11-18(26)16(23(29)30)12-25(17)22(13)24/h2*9-13,22H,4-8H2,1-3H3,(H,27,28)(H,29,30)/t2*13-,22+/m10/s1. The van der Waals surface area contributed by atoms with Crippen molar-refractivity contribution in [3.05, 3.63) is 91.5 Å². The van der Waals surface area contributed by atoms with E-state index >= 15 is 0 Å². The number of carbonyl (C=O) groups is 4. The Morgan fingerprint density at radius 3 is 1.30 bits per heavy atom. The van der Waals surface area contributed by atoms with Crippen molar-refractivity contribution < 1.29 is 58.6 Å². The molecule has 0 amide bonds. The molecule has 0 unspecified atom stereocenters. The fourth-order valence-corrected chi connectivity index (χ4v) is 10.4. The van der Waals surface area contributed by atoms with Crippen LogP contribution >= 0.6 is 0 Å². The van der Waals surface area contributed by atoms with Crippen LogP contribution in [0.15, 0.2) is 58.4 Å². The number of methoxy groups -OCH3 is 2. The predicted octanol–water partition coefficient (Wildman–Crippen LogP) is 7.85. The van der Waals surface area contributed by atoms with Crippen molar-refractivity contribution in [2.45, 2.75) is 103 Å². The van der Waals surface area contributed by atoms with E-state index in [1.165, 1.54) is 38.7 Å². The smallest absolute Gasteiger partial charge is 0.341 e. The van der Waals surface area contributed by atoms with Crippen molar-refractivity contribution in [2.24, 2.45) is 10.8 Å². The summed E-state index contributed by atoms with van der Waals surface area (Å²) in [4.78, 5) is 69.9. The molecule has 4 aromatic rings. The summed E-state index contributed by atoms with van der Waals surface area (Å²) in [6.07, 6.45) is 7.52. The molecule has 2 aromatic heterocycles. The first-order chi connectivity index (χ1) is 30.3. The predicted molar refractivity (Wildman–Crippen MR) is 234 cm³/mol. The highest BCUT2D eigenvalue weighted by atomic mass is 16.5. The van der Waals surface area contributed by atoms with Crippen LogP contribution in [0.2, 0.25) is 0 Å². The molecule has 0 saturated heterocycles. The maximum atomic E-state index is 12.5. The van der Waals surface area contributed by atoms with E-state index in [1.54, 1.807) is 0 Å². The molecule has 4 heterocycles. The van der Waals surface area contributed by atoms with Crippen LogP contribution in [0.25, 0.3) is 22.5 Å². The molecule has 0 spiro atoms. The van der Waals surface area contributed by atoms with Gasteiger partial charge < -0.3 is 48.5 Å². The minimum atomic E-state index is -1.23. The Morgan fingerprint density at radius 2 is 0.969 bits per heavy atom. The number of hydrogen-bond donors (Lipinski definition) is 4. The second-order valence-corrected chi connectivity index (χ2v) is 18.3. The molecule has 0 bridgehead atoms. The summed E-state index contributed by atoms with van der Waals surface area (Å²) >= 11 is 0. The Labute approximate surface area is 369 Å². The minimum Gasteiger partial charge on any atom is -0.493 e. The van der Waals surface area contributed by atoms with E-state index in [2.05, 4.69) is 27.7 Å². The van der Waals surface area contributed by atoms with Crippen LogP contribution in [0, 0.1) is 10.8 Å². The zero-order chi connectivity index (χ0) is 46.4. The summed E-state index contributed by atoms with van der Waals surface area (Å²) < 4.78 is 26.7. The largest absolute Gasteiger partial charge is 0.493 e. The van der Waals surface area contributed by atoms with Crippen molar-refractivity contribution in [1.29, 1.82) is 0 Å². The zero-order valence-corrected chi connectivity index (χ0v) is 36.8. The highest BCUT2D eigenvalue weighted by Gasteiger charge is 2.49. The lowest BCUT2D eigenvalue weighted by atomic mass is 9.77. The van der Waals surface area contributed by atoms with E-state index in [9.17, 15) is 39.0 Å². The molecule has 64 heavy (non-hydrogen) atoms. The Hall–Kier alpha value is -6.58. The fourth-order valence-electron chi connectivity index (χ4n) is 10.4. The second kappa shape index (κ2) is 17.5. The normalized spacial score (nSPS) is 20.1. The first kappa shape index (κ1) is 45.4. The first-order valence-electron chi connectivity index (χ1n) is 21.4. The van der Waals surface area contributed by atoms with E-state index in [1.807, 2.05) is 33.4 Å². The Bertz CT molecular complexity index is 2480. The molecule has 2 aromatic carbocycles. The number of ether oxygens (including phenoxy) is 4. The summed E-state index contributed by atoms with van der Waals surface area (Å²) in [6.45, 7) is 9.16. The average Bonchev–Trinajstić information content (AvgIpc) is 3.74. The fraction of sp³-hybridized carbons (Fsp3) is 0.458. The van der Waals surface area contributed by atoms with Gasteiger partial charge in [0.05, 0.1) is 38.8 Å². The van der Waals surface area contributed by atoms with Gasteiger partial charge in [-0.1, -0.05) is 27.7 Å². The van der Waals surface area contributed by atoms with Crippen molar-refractivity contribution >= 4 is 23.9 Å². The number of hydrogen-bond acceptors (Lipinski definition) is 10. The minimum absolute atomic E-state index is 0.00282. The van der Waals surface area contributed by atoms with Crippen molar-refractivity contribution in [1.82, 2.24) is 9.13 Å². The summed E-state index contributed by atoms with van der Waals surface area (Å²) in [5.41, 5.74) is 3.36. The number of nitrogens with zero attached hydrogens (tertiary/aromatic N) is 2. The van der Waals surface area contributed by atoms with Gasteiger partial charge in [-0.2, -0.15) is 0 Å². The number of carboxylic acids is 4. The maximum Gasteiger partial charge on any atom is 0.341 e. The maximum absolute atomic E-state index is 12.5. The Kier molecular flexibility index (Phi) is 12.4.